The van der Waals surface area contributed by atoms with Crippen LogP contribution in [-0.2, 0) is 4.74 Å². The molecule has 3 unspecified atom stereocenters. The molecule has 66 valence electrons. The van der Waals surface area contributed by atoms with E-state index in [1.807, 2.05) is 0 Å². The van der Waals surface area contributed by atoms with Crippen LogP contribution in [0.4, 0.5) is 0 Å². The fourth-order valence-corrected chi connectivity index (χ4v) is 1.92. The van der Waals surface area contributed by atoms with Gasteiger partial charge in [0, 0.05) is 0 Å². The lowest BCUT2D eigenvalue weighted by atomic mass is 9.77. The van der Waals surface area contributed by atoms with Gasteiger partial charge in [0.1, 0.15) is 0 Å². The molecule has 1 nitrogen and oxygen atoms in total. The summed E-state index contributed by atoms with van der Waals surface area (Å²) in [4.78, 5) is 0. The summed E-state index contributed by atoms with van der Waals surface area (Å²) >= 11 is 0. The zero-order chi connectivity index (χ0) is 8.59. The van der Waals surface area contributed by atoms with Crippen molar-refractivity contribution in [1.29, 1.82) is 0 Å². The molecule has 1 fully saturated rings. The second-order valence-electron chi connectivity index (χ2n) is 4.12. The first-order valence-corrected chi connectivity index (χ1v) is 4.69. The molecule has 0 saturated carbocycles. The van der Waals surface area contributed by atoms with Crippen LogP contribution < -0.4 is 0 Å². The van der Waals surface area contributed by atoms with E-state index in [0.717, 1.165) is 5.92 Å². The van der Waals surface area contributed by atoms with Crippen molar-refractivity contribution in [2.24, 2.45) is 17.8 Å². The Kier molecular flexibility index (Phi) is 2.58. The highest BCUT2D eigenvalue weighted by Crippen LogP contribution is 2.34. The standard InChI is InChI=1S/C10H20O/c1-6-7(2)9(4)11-10(5)8(6)3/h6-10H,1-5H3/t6?,7-,8+,9?,10?. The van der Waals surface area contributed by atoms with Crippen LogP contribution in [0, 0.1) is 17.8 Å². The molecule has 0 N–H and O–H groups in total. The highest BCUT2D eigenvalue weighted by Gasteiger charge is 2.34. The molecule has 1 rings (SSSR count). The number of hydrogen-bond donors (Lipinski definition) is 0. The van der Waals surface area contributed by atoms with E-state index in [1.165, 1.54) is 0 Å². The van der Waals surface area contributed by atoms with Crippen LogP contribution in [0.2, 0.25) is 0 Å². The Hall–Kier alpha value is -0.0400. The summed E-state index contributed by atoms with van der Waals surface area (Å²) in [5, 5.41) is 0. The third kappa shape index (κ3) is 1.58. The van der Waals surface area contributed by atoms with Gasteiger partial charge in [0.05, 0.1) is 12.2 Å². The van der Waals surface area contributed by atoms with Crippen LogP contribution in [0.1, 0.15) is 34.6 Å². The molecule has 1 aliphatic rings. The molecule has 1 heteroatoms. The lowest BCUT2D eigenvalue weighted by Crippen LogP contribution is -2.41. The van der Waals surface area contributed by atoms with Gasteiger partial charge in [-0.2, -0.15) is 0 Å². The number of rotatable bonds is 0. The topological polar surface area (TPSA) is 9.23 Å². The summed E-state index contributed by atoms with van der Waals surface area (Å²) in [5.41, 5.74) is 0. The summed E-state index contributed by atoms with van der Waals surface area (Å²) in [7, 11) is 0. The van der Waals surface area contributed by atoms with Crippen molar-refractivity contribution in [1.82, 2.24) is 0 Å². The van der Waals surface area contributed by atoms with Crippen molar-refractivity contribution in [3.05, 3.63) is 0 Å². The molecular weight excluding hydrogens is 136 g/mol. The first kappa shape index (κ1) is 9.05. The van der Waals surface area contributed by atoms with Crippen molar-refractivity contribution in [2.75, 3.05) is 0 Å². The molecule has 0 amide bonds. The molecule has 1 saturated heterocycles. The van der Waals surface area contributed by atoms with Crippen LogP contribution in [-0.4, -0.2) is 12.2 Å². The average Bonchev–Trinajstić information content (AvgIpc) is 1.97. The molecule has 5 atom stereocenters. The van der Waals surface area contributed by atoms with Crippen LogP contribution in [0.15, 0.2) is 0 Å². The van der Waals surface area contributed by atoms with Crippen LogP contribution in [0.3, 0.4) is 0 Å². The minimum atomic E-state index is 0.441. The SMILES string of the molecule is CC1OC(C)[C@H](C)C(C)[C@@H]1C. The third-order valence-corrected chi connectivity index (χ3v) is 3.57. The van der Waals surface area contributed by atoms with Gasteiger partial charge >= 0.3 is 0 Å². The largest absolute Gasteiger partial charge is 0.375 e. The van der Waals surface area contributed by atoms with Gasteiger partial charge in [-0.05, 0) is 31.6 Å². The van der Waals surface area contributed by atoms with E-state index in [9.17, 15) is 0 Å². The Balaban J connectivity index is 2.63. The Bertz CT molecular complexity index is 119. The zero-order valence-electron chi connectivity index (χ0n) is 8.29. The monoisotopic (exact) mass is 156 g/mol. The molecule has 0 aromatic carbocycles. The fourth-order valence-electron chi connectivity index (χ4n) is 1.92. The lowest BCUT2D eigenvalue weighted by molar-refractivity contribution is -0.116. The minimum absolute atomic E-state index is 0.441. The van der Waals surface area contributed by atoms with Crippen molar-refractivity contribution < 1.29 is 4.74 Å². The average molecular weight is 156 g/mol. The van der Waals surface area contributed by atoms with Gasteiger partial charge in [0.2, 0.25) is 0 Å². The van der Waals surface area contributed by atoms with Gasteiger partial charge in [0.25, 0.3) is 0 Å². The molecule has 0 aromatic heterocycles. The Labute approximate surface area is 70.1 Å². The van der Waals surface area contributed by atoms with Gasteiger partial charge < -0.3 is 4.74 Å². The van der Waals surface area contributed by atoms with Gasteiger partial charge in [-0.25, -0.2) is 0 Å². The summed E-state index contributed by atoms with van der Waals surface area (Å²) in [6.45, 7) is 11.3. The van der Waals surface area contributed by atoms with Crippen LogP contribution >= 0.6 is 0 Å². The maximum atomic E-state index is 5.78. The second kappa shape index (κ2) is 3.14. The van der Waals surface area contributed by atoms with E-state index in [0.29, 0.717) is 24.0 Å². The molecule has 0 aliphatic carbocycles. The first-order valence-electron chi connectivity index (χ1n) is 4.69. The van der Waals surface area contributed by atoms with Crippen molar-refractivity contribution in [2.45, 2.75) is 46.8 Å². The Morgan fingerprint density at radius 2 is 1.00 bits per heavy atom. The van der Waals surface area contributed by atoms with Gasteiger partial charge in [0.15, 0.2) is 0 Å². The fraction of sp³-hybridized carbons (Fsp3) is 1.00. The van der Waals surface area contributed by atoms with Crippen molar-refractivity contribution >= 4 is 0 Å². The summed E-state index contributed by atoms with van der Waals surface area (Å²) < 4.78 is 5.78. The maximum absolute atomic E-state index is 5.78. The lowest BCUT2D eigenvalue weighted by Gasteiger charge is -2.41. The smallest absolute Gasteiger partial charge is 0.0578 e. The van der Waals surface area contributed by atoms with Crippen LogP contribution in [0.25, 0.3) is 0 Å². The second-order valence-corrected chi connectivity index (χ2v) is 4.12. The van der Waals surface area contributed by atoms with E-state index in [2.05, 4.69) is 34.6 Å². The van der Waals surface area contributed by atoms with Gasteiger partial charge in [-0.15, -0.1) is 0 Å². The summed E-state index contributed by atoms with van der Waals surface area (Å²) in [6, 6.07) is 0. The Morgan fingerprint density at radius 1 is 0.636 bits per heavy atom. The summed E-state index contributed by atoms with van der Waals surface area (Å²) in [5.74, 6) is 2.22. The summed E-state index contributed by atoms with van der Waals surface area (Å²) in [6.07, 6.45) is 0.882. The molecule has 0 spiro atoms. The van der Waals surface area contributed by atoms with Gasteiger partial charge in [-0.3, -0.25) is 0 Å². The predicted molar refractivity (Wildman–Crippen MR) is 47.5 cm³/mol. The Morgan fingerprint density at radius 3 is 1.36 bits per heavy atom. The maximum Gasteiger partial charge on any atom is 0.0578 e. The van der Waals surface area contributed by atoms with Gasteiger partial charge in [-0.1, -0.05) is 20.8 Å². The minimum Gasteiger partial charge on any atom is -0.375 e. The highest BCUT2D eigenvalue weighted by molar-refractivity contribution is 4.81. The molecule has 1 aliphatic heterocycles. The molecule has 0 radical (unpaired) electrons. The van der Waals surface area contributed by atoms with Crippen molar-refractivity contribution in [3.8, 4) is 0 Å². The first-order chi connectivity index (χ1) is 5.04. The zero-order valence-corrected chi connectivity index (χ0v) is 8.29. The third-order valence-electron chi connectivity index (χ3n) is 3.57. The van der Waals surface area contributed by atoms with Crippen LogP contribution in [0.5, 0.6) is 0 Å². The van der Waals surface area contributed by atoms with Crippen molar-refractivity contribution in [3.63, 3.8) is 0 Å². The number of ether oxygens (including phenoxy) is 1. The van der Waals surface area contributed by atoms with E-state index < -0.39 is 0 Å². The predicted octanol–water partition coefficient (Wildman–Crippen LogP) is 2.70. The molecular formula is C10H20O. The normalized spacial score (nSPS) is 52.6. The molecule has 1 heterocycles. The highest BCUT2D eigenvalue weighted by atomic mass is 16.5. The van der Waals surface area contributed by atoms with E-state index >= 15 is 0 Å². The van der Waals surface area contributed by atoms with E-state index in [1.54, 1.807) is 0 Å². The molecule has 0 aromatic rings. The quantitative estimate of drug-likeness (QED) is 0.524. The van der Waals surface area contributed by atoms with E-state index in [-0.39, 0.29) is 0 Å². The van der Waals surface area contributed by atoms with E-state index in [4.69, 9.17) is 4.74 Å². The molecule has 11 heavy (non-hydrogen) atoms. The molecule has 0 bridgehead atoms. The number of hydrogen-bond acceptors (Lipinski definition) is 1.